The van der Waals surface area contributed by atoms with E-state index in [9.17, 15) is 9.59 Å². The number of aromatic nitrogens is 1. The molecule has 1 amide bonds. The zero-order valence-electron chi connectivity index (χ0n) is 11.8. The number of hydrogen-bond donors (Lipinski definition) is 1. The monoisotopic (exact) mass is 372 g/mol. The van der Waals surface area contributed by atoms with E-state index in [0.717, 1.165) is 0 Å². The van der Waals surface area contributed by atoms with Crippen LogP contribution in [0.2, 0.25) is 15.1 Å². The van der Waals surface area contributed by atoms with Gasteiger partial charge < -0.3 is 10.1 Å². The van der Waals surface area contributed by atoms with Crippen molar-refractivity contribution in [2.75, 3.05) is 5.32 Å². The molecule has 0 aliphatic rings. The Morgan fingerprint density at radius 3 is 2.30 bits per heavy atom. The minimum absolute atomic E-state index is 0.159. The van der Waals surface area contributed by atoms with E-state index in [0.29, 0.717) is 20.9 Å². The van der Waals surface area contributed by atoms with Gasteiger partial charge in [-0.2, -0.15) is 0 Å². The van der Waals surface area contributed by atoms with Gasteiger partial charge >= 0.3 is 5.97 Å². The van der Waals surface area contributed by atoms with E-state index < -0.39 is 18.0 Å². The van der Waals surface area contributed by atoms with Gasteiger partial charge in [-0.3, -0.25) is 4.79 Å². The molecule has 0 aliphatic heterocycles. The first-order chi connectivity index (χ1) is 10.8. The second-order valence-corrected chi connectivity index (χ2v) is 5.87. The number of hydrogen-bond acceptors (Lipinski definition) is 4. The molecule has 1 aromatic carbocycles. The number of esters is 1. The van der Waals surface area contributed by atoms with E-state index in [1.54, 1.807) is 6.07 Å². The van der Waals surface area contributed by atoms with Crippen LogP contribution < -0.4 is 5.32 Å². The number of anilines is 1. The molecule has 0 radical (unpaired) electrons. The molecule has 0 saturated carbocycles. The summed E-state index contributed by atoms with van der Waals surface area (Å²) in [6.07, 6.45) is 0.361. The largest absolute Gasteiger partial charge is 0.449 e. The first kappa shape index (κ1) is 17.5. The first-order valence-electron chi connectivity index (χ1n) is 6.44. The van der Waals surface area contributed by atoms with Crippen LogP contribution in [0, 0.1) is 0 Å². The Kier molecular flexibility index (Phi) is 5.82. The van der Waals surface area contributed by atoms with Crippen LogP contribution in [-0.4, -0.2) is 23.0 Å². The molecule has 1 unspecified atom stereocenters. The lowest BCUT2D eigenvalue weighted by Crippen LogP contribution is -2.30. The van der Waals surface area contributed by atoms with Gasteiger partial charge in [-0.25, -0.2) is 9.78 Å². The summed E-state index contributed by atoms with van der Waals surface area (Å²) in [6, 6.07) is 7.41. The quantitative estimate of drug-likeness (QED) is 0.815. The van der Waals surface area contributed by atoms with E-state index in [1.165, 1.54) is 37.4 Å². The van der Waals surface area contributed by atoms with Crippen LogP contribution >= 0.6 is 34.8 Å². The van der Waals surface area contributed by atoms with Crippen LogP contribution in [-0.2, 0) is 9.53 Å². The van der Waals surface area contributed by atoms with Gasteiger partial charge in [0.05, 0.1) is 10.6 Å². The molecule has 0 spiro atoms. The second kappa shape index (κ2) is 7.64. The number of nitrogens with zero attached hydrogens (tertiary/aromatic N) is 1. The third-order valence-corrected chi connectivity index (χ3v) is 3.39. The van der Waals surface area contributed by atoms with Crippen LogP contribution in [0.5, 0.6) is 0 Å². The Labute approximate surface area is 147 Å². The number of nitrogens with one attached hydrogen (secondary N) is 1. The number of carbonyl (C=O) groups excluding carboxylic acids is 2. The lowest BCUT2D eigenvalue weighted by molar-refractivity contribution is -0.123. The van der Waals surface area contributed by atoms with Crippen LogP contribution in [0.1, 0.15) is 17.3 Å². The Morgan fingerprint density at radius 2 is 1.74 bits per heavy atom. The topological polar surface area (TPSA) is 68.3 Å². The zero-order chi connectivity index (χ0) is 17.0. The molecule has 2 aromatic rings. The molecular formula is C15H11Cl3N2O3. The number of pyridine rings is 1. The maximum atomic E-state index is 12.0. The smallest absolute Gasteiger partial charge is 0.339 e. The number of benzene rings is 1. The minimum atomic E-state index is -1.03. The molecule has 5 nitrogen and oxygen atoms in total. The molecule has 0 fully saturated rings. The van der Waals surface area contributed by atoms with Crippen LogP contribution in [0.25, 0.3) is 0 Å². The van der Waals surface area contributed by atoms with Gasteiger partial charge in [0.25, 0.3) is 5.91 Å². The average Bonchev–Trinajstić information content (AvgIpc) is 2.48. The minimum Gasteiger partial charge on any atom is -0.449 e. The van der Waals surface area contributed by atoms with Gasteiger partial charge in [0, 0.05) is 16.2 Å². The number of amides is 1. The second-order valence-electron chi connectivity index (χ2n) is 4.56. The Morgan fingerprint density at radius 1 is 1.09 bits per heavy atom. The van der Waals surface area contributed by atoms with Crippen molar-refractivity contribution < 1.29 is 14.3 Å². The SMILES string of the molecule is CC(OC(=O)c1cc(Cl)cc(Cl)c1)C(=O)Nc1ccc(Cl)cn1. The highest BCUT2D eigenvalue weighted by molar-refractivity contribution is 6.35. The van der Waals surface area contributed by atoms with Gasteiger partial charge in [-0.1, -0.05) is 34.8 Å². The summed E-state index contributed by atoms with van der Waals surface area (Å²) < 4.78 is 5.08. The molecule has 0 aliphatic carbocycles. The highest BCUT2D eigenvalue weighted by Crippen LogP contribution is 2.20. The summed E-state index contributed by atoms with van der Waals surface area (Å²) in [5, 5.41) is 3.55. The van der Waals surface area contributed by atoms with Crippen molar-refractivity contribution in [1.29, 1.82) is 0 Å². The predicted molar refractivity (Wildman–Crippen MR) is 89.2 cm³/mol. The van der Waals surface area contributed by atoms with Gasteiger partial charge in [0.1, 0.15) is 5.82 Å². The van der Waals surface area contributed by atoms with Gasteiger partial charge in [-0.05, 0) is 37.3 Å². The standard InChI is InChI=1S/C15H11Cl3N2O3/c1-8(14(21)20-13-3-2-10(16)7-19-13)23-15(22)9-4-11(17)6-12(18)5-9/h2-8H,1H3,(H,19,20,21). The molecule has 23 heavy (non-hydrogen) atoms. The molecule has 120 valence electrons. The average molecular weight is 374 g/mol. The summed E-state index contributed by atoms with van der Waals surface area (Å²) in [5.41, 5.74) is 0.159. The fourth-order valence-electron chi connectivity index (χ4n) is 1.63. The van der Waals surface area contributed by atoms with Gasteiger partial charge in [0.15, 0.2) is 6.10 Å². The molecule has 2 rings (SSSR count). The van der Waals surface area contributed by atoms with Crippen LogP contribution in [0.3, 0.4) is 0 Å². The van der Waals surface area contributed by atoms with Crippen molar-refractivity contribution in [2.45, 2.75) is 13.0 Å². The fraction of sp³-hybridized carbons (Fsp3) is 0.133. The third kappa shape index (κ3) is 5.10. The number of halogens is 3. The van der Waals surface area contributed by atoms with Crippen LogP contribution in [0.4, 0.5) is 5.82 Å². The normalized spacial score (nSPS) is 11.7. The van der Waals surface area contributed by atoms with E-state index in [2.05, 4.69) is 10.3 Å². The van der Waals surface area contributed by atoms with E-state index in [4.69, 9.17) is 39.5 Å². The third-order valence-electron chi connectivity index (χ3n) is 2.73. The maximum Gasteiger partial charge on any atom is 0.339 e. The predicted octanol–water partition coefficient (Wildman–Crippen LogP) is 4.23. The zero-order valence-corrected chi connectivity index (χ0v) is 14.1. The van der Waals surface area contributed by atoms with Gasteiger partial charge in [-0.15, -0.1) is 0 Å². The van der Waals surface area contributed by atoms with Crippen molar-refractivity contribution in [3.63, 3.8) is 0 Å². The molecule has 0 saturated heterocycles. The lowest BCUT2D eigenvalue weighted by atomic mass is 10.2. The lowest BCUT2D eigenvalue weighted by Gasteiger charge is -2.13. The van der Waals surface area contributed by atoms with Crippen molar-refractivity contribution in [3.05, 3.63) is 57.2 Å². The Bertz CT molecular complexity index is 715. The summed E-state index contributed by atoms with van der Waals surface area (Å²) >= 11 is 17.4. The van der Waals surface area contributed by atoms with E-state index in [1.807, 2.05) is 0 Å². The molecular weight excluding hydrogens is 363 g/mol. The summed E-state index contributed by atoms with van der Waals surface area (Å²) in [5.74, 6) is -0.935. The van der Waals surface area contributed by atoms with Gasteiger partial charge in [0.2, 0.25) is 0 Å². The van der Waals surface area contributed by atoms with Crippen molar-refractivity contribution in [1.82, 2.24) is 4.98 Å². The van der Waals surface area contributed by atoms with Crippen LogP contribution in [0.15, 0.2) is 36.5 Å². The highest BCUT2D eigenvalue weighted by Gasteiger charge is 2.20. The molecule has 8 heteroatoms. The fourth-order valence-corrected chi connectivity index (χ4v) is 2.27. The van der Waals surface area contributed by atoms with E-state index in [-0.39, 0.29) is 5.56 Å². The molecule has 0 bridgehead atoms. The van der Waals surface area contributed by atoms with Crippen molar-refractivity contribution in [2.24, 2.45) is 0 Å². The Hall–Kier alpha value is -1.82. The number of carbonyl (C=O) groups is 2. The molecule has 1 aromatic heterocycles. The summed E-state index contributed by atoms with van der Waals surface area (Å²) in [4.78, 5) is 27.9. The van der Waals surface area contributed by atoms with E-state index >= 15 is 0 Å². The molecule has 1 heterocycles. The molecule has 1 N–H and O–H groups in total. The van der Waals surface area contributed by atoms with Crippen molar-refractivity contribution in [3.8, 4) is 0 Å². The first-order valence-corrected chi connectivity index (χ1v) is 7.58. The summed E-state index contributed by atoms with van der Waals surface area (Å²) in [7, 11) is 0. The van der Waals surface area contributed by atoms with Crippen molar-refractivity contribution >= 4 is 52.5 Å². The summed E-state index contributed by atoms with van der Waals surface area (Å²) in [6.45, 7) is 1.44. The highest BCUT2D eigenvalue weighted by atomic mass is 35.5. The maximum absolute atomic E-state index is 12.0. The Balaban J connectivity index is 1.99. The number of rotatable bonds is 4. The number of ether oxygens (including phenoxy) is 1. The molecule has 1 atom stereocenters.